The highest BCUT2D eigenvalue weighted by molar-refractivity contribution is 6.13. The van der Waals surface area contributed by atoms with Gasteiger partial charge in [0, 0.05) is 35.9 Å². The van der Waals surface area contributed by atoms with Crippen LogP contribution in [0.1, 0.15) is 78.1 Å². The van der Waals surface area contributed by atoms with E-state index in [1.807, 2.05) is 50.4 Å². The lowest BCUT2D eigenvalue weighted by Crippen LogP contribution is -2.26. The molecule has 2 aromatic carbocycles. The van der Waals surface area contributed by atoms with Crippen LogP contribution < -0.4 is 4.74 Å². The van der Waals surface area contributed by atoms with E-state index in [4.69, 9.17) is 15.0 Å². The zero-order valence-corrected chi connectivity index (χ0v) is 24.6. The monoisotopic (exact) mass is 564 g/mol. The molecule has 2 aromatic rings. The first-order valence-electron chi connectivity index (χ1n) is 14.9. The number of aliphatic imine (C=N–C) groups is 1. The zero-order valence-electron chi connectivity index (χ0n) is 24.6. The van der Waals surface area contributed by atoms with Crippen molar-refractivity contribution in [2.75, 3.05) is 6.61 Å². The summed E-state index contributed by atoms with van der Waals surface area (Å²) in [6.45, 7) is 5.55. The fourth-order valence-electron chi connectivity index (χ4n) is 6.55. The second kappa shape index (κ2) is 12.8. The van der Waals surface area contributed by atoms with E-state index in [9.17, 15) is 14.0 Å². The van der Waals surface area contributed by atoms with Crippen LogP contribution in [0.5, 0.6) is 5.75 Å². The molecule has 42 heavy (non-hydrogen) atoms. The summed E-state index contributed by atoms with van der Waals surface area (Å²) in [5, 5.41) is 8.76. The zero-order chi connectivity index (χ0) is 29.8. The van der Waals surface area contributed by atoms with Crippen LogP contribution in [0, 0.1) is 48.7 Å². The van der Waals surface area contributed by atoms with Crippen LogP contribution in [0.4, 0.5) is 4.39 Å². The van der Waals surface area contributed by atoms with Crippen LogP contribution in [0.3, 0.4) is 0 Å². The third kappa shape index (κ3) is 5.92. The van der Waals surface area contributed by atoms with E-state index >= 15 is 0 Å². The lowest BCUT2D eigenvalue weighted by atomic mass is 9.76. The molecule has 1 heterocycles. The van der Waals surface area contributed by atoms with E-state index in [1.165, 1.54) is 0 Å². The van der Waals surface area contributed by atoms with Crippen LogP contribution in [0.25, 0.3) is 5.57 Å². The molecule has 5 rings (SSSR count). The van der Waals surface area contributed by atoms with Gasteiger partial charge in [-0.15, -0.1) is 0 Å². The van der Waals surface area contributed by atoms with Crippen LogP contribution in [0.2, 0.25) is 0 Å². The molecule has 0 spiro atoms. The number of aryl methyl sites for hydroxylation is 1. The molecular weight excluding hydrogens is 527 g/mol. The van der Waals surface area contributed by atoms with Crippen LogP contribution in [0.15, 0.2) is 65.3 Å². The Bertz CT molecular complexity index is 1560. The maximum atomic E-state index is 15.0. The van der Waals surface area contributed by atoms with Crippen LogP contribution in [-0.2, 0) is 11.2 Å². The number of nitriles is 1. The average molecular weight is 565 g/mol. The second-order valence-corrected chi connectivity index (χ2v) is 11.6. The molecule has 0 radical (unpaired) electrons. The summed E-state index contributed by atoms with van der Waals surface area (Å²) in [4.78, 5) is 30.4. The van der Waals surface area contributed by atoms with Crippen molar-refractivity contribution in [2.24, 2.45) is 22.7 Å². The predicted molar refractivity (Wildman–Crippen MR) is 163 cm³/mol. The van der Waals surface area contributed by atoms with Crippen LogP contribution in [-0.4, -0.2) is 23.9 Å². The van der Waals surface area contributed by atoms with E-state index < -0.39 is 5.82 Å². The number of carbonyl (C=O) groups excluding carboxylic acids is 2. The Hall–Kier alpha value is -4.11. The first-order valence-corrected chi connectivity index (χ1v) is 14.9. The number of hydrogen-bond donors (Lipinski definition) is 0. The van der Waals surface area contributed by atoms with Crippen LogP contribution >= 0.6 is 0 Å². The molecule has 1 fully saturated rings. The van der Waals surface area contributed by atoms with E-state index in [2.05, 4.69) is 18.2 Å². The summed E-state index contributed by atoms with van der Waals surface area (Å²) in [6, 6.07) is 11.4. The van der Waals surface area contributed by atoms with Gasteiger partial charge in [0.05, 0.1) is 5.71 Å². The van der Waals surface area contributed by atoms with Crippen molar-refractivity contribution in [1.29, 1.82) is 5.26 Å². The number of fused-ring (bicyclic) bond motifs is 1. The minimum atomic E-state index is -0.462. The Kier molecular flexibility index (Phi) is 8.97. The normalized spacial score (nSPS) is 21.1. The molecule has 0 bridgehead atoms. The topological polar surface area (TPSA) is 79.5 Å². The summed E-state index contributed by atoms with van der Waals surface area (Å²) >= 11 is 0. The third-order valence-electron chi connectivity index (χ3n) is 8.86. The number of nitrogens with zero attached hydrogens (tertiary/aromatic N) is 2. The number of ether oxygens (including phenoxy) is 1. The number of allylic oxidation sites excluding steroid dienone is 5. The number of carbonyl (C=O) groups is 2. The van der Waals surface area contributed by atoms with E-state index in [1.54, 1.807) is 13.0 Å². The van der Waals surface area contributed by atoms with Crippen molar-refractivity contribution in [3.05, 3.63) is 94.0 Å². The standard InChI is InChI=1S/C36H37FN2O3/c1-4-6-32(40)25-10-12-26(13-11-25)36(41)28-14-9-24(19-22(28)2)20-27-7-5-8-30-31(21-39-35(27)30)29-15-16-33(42-18-17-38)34(37)23(29)3/h5,7-9,14-16,19,21,25-26,30H,4,6,10-13,18,20H2,1-3H3. The number of ketones is 2. The molecule has 0 aromatic heterocycles. The SMILES string of the molecule is CCCC(=O)C1CCC(C(=O)c2ccc(CC3=CC=CC4C(c5ccc(OCC#N)c(F)c5C)=CN=C34)cc2C)CC1. The molecule has 3 aliphatic rings. The van der Waals surface area contributed by atoms with Gasteiger partial charge in [-0.1, -0.05) is 49.4 Å². The number of halogens is 1. The Balaban J connectivity index is 1.25. The van der Waals surface area contributed by atoms with E-state index in [-0.39, 0.29) is 35.9 Å². The molecule has 5 nitrogen and oxygen atoms in total. The third-order valence-corrected chi connectivity index (χ3v) is 8.86. The van der Waals surface area contributed by atoms with Gasteiger partial charge >= 0.3 is 0 Å². The maximum absolute atomic E-state index is 15.0. The number of rotatable bonds is 10. The molecule has 0 amide bonds. The number of benzene rings is 2. The second-order valence-electron chi connectivity index (χ2n) is 11.6. The minimum absolute atomic E-state index is 0.00946. The molecular formula is C36H37FN2O3. The Morgan fingerprint density at radius 1 is 1.10 bits per heavy atom. The highest BCUT2D eigenvalue weighted by Crippen LogP contribution is 2.39. The number of Topliss-reactive ketones (excluding diaryl/α,β-unsaturated/α-hetero) is 2. The van der Waals surface area contributed by atoms with E-state index in [0.29, 0.717) is 24.2 Å². The van der Waals surface area contributed by atoms with Crippen molar-refractivity contribution in [1.82, 2.24) is 0 Å². The molecule has 2 aliphatic carbocycles. The highest BCUT2D eigenvalue weighted by atomic mass is 19.1. The fraction of sp³-hybridized carbons (Fsp3) is 0.389. The first kappa shape index (κ1) is 29.4. The van der Waals surface area contributed by atoms with Gasteiger partial charge in [-0.05, 0) is 91.8 Å². The van der Waals surface area contributed by atoms with Gasteiger partial charge in [-0.2, -0.15) is 5.26 Å². The van der Waals surface area contributed by atoms with Gasteiger partial charge in [-0.3, -0.25) is 14.6 Å². The molecule has 1 unspecified atom stereocenters. The summed E-state index contributed by atoms with van der Waals surface area (Å²) in [5.41, 5.74) is 7.07. The average Bonchev–Trinajstić information content (AvgIpc) is 3.43. The van der Waals surface area contributed by atoms with Gasteiger partial charge in [0.2, 0.25) is 0 Å². The molecule has 1 atom stereocenters. The van der Waals surface area contributed by atoms with Gasteiger partial charge < -0.3 is 4.74 Å². The minimum Gasteiger partial charge on any atom is -0.476 e. The van der Waals surface area contributed by atoms with Gasteiger partial charge in [-0.25, -0.2) is 4.39 Å². The Labute approximate surface area is 247 Å². The summed E-state index contributed by atoms with van der Waals surface area (Å²) < 4.78 is 20.2. The van der Waals surface area contributed by atoms with Gasteiger partial charge in [0.1, 0.15) is 11.9 Å². The van der Waals surface area contributed by atoms with Gasteiger partial charge in [0.15, 0.2) is 24.0 Å². The van der Waals surface area contributed by atoms with Crippen molar-refractivity contribution in [2.45, 2.75) is 65.7 Å². The quantitative estimate of drug-likeness (QED) is 0.275. The first-order chi connectivity index (χ1) is 20.3. The summed E-state index contributed by atoms with van der Waals surface area (Å²) in [5.74, 6) is 0.202. The number of hydrogen-bond acceptors (Lipinski definition) is 5. The lowest BCUT2D eigenvalue weighted by molar-refractivity contribution is -0.124. The largest absolute Gasteiger partial charge is 0.476 e. The Morgan fingerprint density at radius 2 is 1.86 bits per heavy atom. The lowest BCUT2D eigenvalue weighted by Gasteiger charge is -2.27. The smallest absolute Gasteiger partial charge is 0.174 e. The molecule has 1 aliphatic heterocycles. The highest BCUT2D eigenvalue weighted by Gasteiger charge is 2.32. The summed E-state index contributed by atoms with van der Waals surface area (Å²) in [7, 11) is 0. The van der Waals surface area contributed by atoms with Crippen molar-refractivity contribution >= 4 is 22.9 Å². The fourth-order valence-corrected chi connectivity index (χ4v) is 6.55. The molecule has 0 N–H and O–H groups in total. The van der Waals surface area contributed by atoms with Crippen molar-refractivity contribution < 1.29 is 18.7 Å². The maximum Gasteiger partial charge on any atom is 0.174 e. The van der Waals surface area contributed by atoms with Gasteiger partial charge in [0.25, 0.3) is 0 Å². The molecule has 0 saturated heterocycles. The molecule has 1 saturated carbocycles. The molecule has 216 valence electrons. The van der Waals surface area contributed by atoms with Crippen molar-refractivity contribution in [3.63, 3.8) is 0 Å². The van der Waals surface area contributed by atoms with E-state index in [0.717, 1.165) is 71.2 Å². The summed E-state index contributed by atoms with van der Waals surface area (Å²) in [6.07, 6.45) is 13.4. The van der Waals surface area contributed by atoms with Crippen molar-refractivity contribution in [3.8, 4) is 11.8 Å². The predicted octanol–water partition coefficient (Wildman–Crippen LogP) is 7.85. The molecule has 6 heteroatoms. The Morgan fingerprint density at radius 3 is 2.57 bits per heavy atom.